The number of morpholine rings is 1. The van der Waals surface area contributed by atoms with Crippen LogP contribution < -0.4 is 5.32 Å². The van der Waals surface area contributed by atoms with Gasteiger partial charge < -0.3 is 15.0 Å². The van der Waals surface area contributed by atoms with Crippen LogP contribution in [0.1, 0.15) is 11.6 Å². The maximum Gasteiger partial charge on any atom is 0.123 e. The summed E-state index contributed by atoms with van der Waals surface area (Å²) >= 11 is 0. The molecule has 0 radical (unpaired) electrons. The first-order valence-corrected chi connectivity index (χ1v) is 5.92. The molecule has 1 saturated heterocycles. The molecule has 1 aliphatic rings. The fourth-order valence-electron chi connectivity index (χ4n) is 2.32. The van der Waals surface area contributed by atoms with E-state index in [9.17, 15) is 4.39 Å². The molecule has 0 aromatic heterocycles. The number of hydrogen-bond donors (Lipinski definition) is 1. The summed E-state index contributed by atoms with van der Waals surface area (Å²) in [5.74, 6) is -0.196. The summed E-state index contributed by atoms with van der Waals surface area (Å²) in [5, 5.41) is 3.31. The highest BCUT2D eigenvalue weighted by Crippen LogP contribution is 2.25. The Morgan fingerprint density at radius 1 is 1.47 bits per heavy atom. The van der Waals surface area contributed by atoms with Crippen LogP contribution in [-0.2, 0) is 4.74 Å². The van der Waals surface area contributed by atoms with E-state index in [1.807, 2.05) is 20.2 Å². The number of halogens is 1. The summed E-state index contributed by atoms with van der Waals surface area (Å²) in [7, 11) is 3.99. The van der Waals surface area contributed by atoms with Crippen molar-refractivity contribution in [1.82, 2.24) is 10.2 Å². The smallest absolute Gasteiger partial charge is 0.123 e. The van der Waals surface area contributed by atoms with Gasteiger partial charge in [-0.25, -0.2) is 4.39 Å². The van der Waals surface area contributed by atoms with Crippen molar-refractivity contribution in [3.8, 4) is 0 Å². The van der Waals surface area contributed by atoms with Gasteiger partial charge in [0.05, 0.1) is 18.8 Å². The van der Waals surface area contributed by atoms with E-state index in [1.54, 1.807) is 12.1 Å². The normalized spacial score (nSPS) is 22.7. The standard InChI is InChI=1S/C13H19FN2O/c1-16(2)13(12-9-15-6-7-17-12)10-4-3-5-11(14)8-10/h3-5,8,12-13,15H,6-7,9H2,1-2H3. The fraction of sp³-hybridized carbons (Fsp3) is 0.538. The molecule has 1 N–H and O–H groups in total. The molecule has 1 aliphatic heterocycles. The van der Waals surface area contributed by atoms with Crippen molar-refractivity contribution in [3.63, 3.8) is 0 Å². The van der Waals surface area contributed by atoms with Crippen molar-refractivity contribution < 1.29 is 9.13 Å². The van der Waals surface area contributed by atoms with Gasteiger partial charge in [-0.3, -0.25) is 0 Å². The van der Waals surface area contributed by atoms with Crippen LogP contribution in [0, 0.1) is 5.82 Å². The van der Waals surface area contributed by atoms with Gasteiger partial charge in [-0.15, -0.1) is 0 Å². The minimum Gasteiger partial charge on any atom is -0.374 e. The topological polar surface area (TPSA) is 24.5 Å². The van der Waals surface area contributed by atoms with Gasteiger partial charge in [0.15, 0.2) is 0 Å². The van der Waals surface area contributed by atoms with Crippen LogP contribution in [0.4, 0.5) is 4.39 Å². The molecule has 1 aromatic carbocycles. The zero-order chi connectivity index (χ0) is 12.3. The Balaban J connectivity index is 2.21. The number of likely N-dealkylation sites (N-methyl/N-ethyl adjacent to an activating group) is 1. The molecule has 3 nitrogen and oxygen atoms in total. The van der Waals surface area contributed by atoms with Crippen LogP contribution in [-0.4, -0.2) is 44.8 Å². The molecule has 2 atom stereocenters. The average molecular weight is 238 g/mol. The zero-order valence-electron chi connectivity index (χ0n) is 10.3. The maximum absolute atomic E-state index is 13.3. The molecule has 4 heteroatoms. The van der Waals surface area contributed by atoms with Crippen LogP contribution >= 0.6 is 0 Å². The second kappa shape index (κ2) is 5.58. The molecule has 2 unspecified atom stereocenters. The Hall–Kier alpha value is -0.970. The summed E-state index contributed by atoms with van der Waals surface area (Å²) in [4.78, 5) is 2.08. The van der Waals surface area contributed by atoms with Gasteiger partial charge in [0.25, 0.3) is 0 Å². The lowest BCUT2D eigenvalue weighted by atomic mass is 9.99. The van der Waals surface area contributed by atoms with Crippen molar-refractivity contribution in [3.05, 3.63) is 35.6 Å². The average Bonchev–Trinajstić information content (AvgIpc) is 2.30. The first-order valence-electron chi connectivity index (χ1n) is 5.92. The molecule has 17 heavy (non-hydrogen) atoms. The van der Waals surface area contributed by atoms with E-state index >= 15 is 0 Å². The predicted molar refractivity (Wildman–Crippen MR) is 65.4 cm³/mol. The van der Waals surface area contributed by atoms with E-state index in [2.05, 4.69) is 10.2 Å². The van der Waals surface area contributed by atoms with Crippen LogP contribution in [0.5, 0.6) is 0 Å². The third kappa shape index (κ3) is 3.03. The second-order valence-electron chi connectivity index (χ2n) is 4.58. The lowest BCUT2D eigenvalue weighted by Crippen LogP contribution is -2.45. The van der Waals surface area contributed by atoms with Crippen molar-refractivity contribution in [2.75, 3.05) is 33.8 Å². The third-order valence-corrected chi connectivity index (χ3v) is 3.05. The molecular weight excluding hydrogens is 219 g/mol. The van der Waals surface area contributed by atoms with Gasteiger partial charge in [-0.1, -0.05) is 12.1 Å². The lowest BCUT2D eigenvalue weighted by Gasteiger charge is -2.35. The van der Waals surface area contributed by atoms with E-state index < -0.39 is 0 Å². The summed E-state index contributed by atoms with van der Waals surface area (Å²) in [6, 6.07) is 6.83. The van der Waals surface area contributed by atoms with Crippen molar-refractivity contribution >= 4 is 0 Å². The summed E-state index contributed by atoms with van der Waals surface area (Å²) < 4.78 is 19.1. The Bertz CT molecular complexity index is 364. The summed E-state index contributed by atoms with van der Waals surface area (Å²) in [6.45, 7) is 2.41. The number of rotatable bonds is 3. The fourth-order valence-corrected chi connectivity index (χ4v) is 2.32. The number of benzene rings is 1. The van der Waals surface area contributed by atoms with E-state index in [1.165, 1.54) is 6.07 Å². The minimum atomic E-state index is -0.196. The Kier molecular flexibility index (Phi) is 4.10. The number of hydrogen-bond acceptors (Lipinski definition) is 3. The Morgan fingerprint density at radius 3 is 2.88 bits per heavy atom. The Labute approximate surface area is 102 Å². The molecule has 2 rings (SSSR count). The predicted octanol–water partition coefficient (Wildman–Crippen LogP) is 1.42. The third-order valence-electron chi connectivity index (χ3n) is 3.05. The molecule has 94 valence electrons. The monoisotopic (exact) mass is 238 g/mol. The van der Waals surface area contributed by atoms with Gasteiger partial charge >= 0.3 is 0 Å². The highest BCUT2D eigenvalue weighted by atomic mass is 19.1. The maximum atomic E-state index is 13.3. The highest BCUT2D eigenvalue weighted by Gasteiger charge is 2.27. The molecule has 1 fully saturated rings. The van der Waals surface area contributed by atoms with Crippen molar-refractivity contribution in [2.45, 2.75) is 12.1 Å². The molecule has 1 heterocycles. The second-order valence-corrected chi connectivity index (χ2v) is 4.58. The van der Waals surface area contributed by atoms with Gasteiger partial charge in [-0.05, 0) is 31.8 Å². The Morgan fingerprint density at radius 2 is 2.29 bits per heavy atom. The van der Waals surface area contributed by atoms with E-state index in [0.29, 0.717) is 6.61 Å². The quantitative estimate of drug-likeness (QED) is 0.862. The van der Waals surface area contributed by atoms with E-state index in [4.69, 9.17) is 4.74 Å². The number of ether oxygens (including phenoxy) is 1. The van der Waals surface area contributed by atoms with Crippen LogP contribution in [0.15, 0.2) is 24.3 Å². The van der Waals surface area contributed by atoms with Crippen molar-refractivity contribution in [1.29, 1.82) is 0 Å². The molecule has 1 aromatic rings. The van der Waals surface area contributed by atoms with Gasteiger partial charge in [0.1, 0.15) is 5.82 Å². The van der Waals surface area contributed by atoms with Gasteiger partial charge in [0.2, 0.25) is 0 Å². The largest absolute Gasteiger partial charge is 0.374 e. The molecule has 0 bridgehead atoms. The minimum absolute atomic E-state index is 0.0700. The van der Waals surface area contributed by atoms with Crippen LogP contribution in [0.25, 0.3) is 0 Å². The summed E-state index contributed by atoms with van der Waals surface area (Å²) in [5.41, 5.74) is 0.962. The first-order chi connectivity index (χ1) is 8.18. The number of nitrogens with zero attached hydrogens (tertiary/aromatic N) is 1. The van der Waals surface area contributed by atoms with Crippen LogP contribution in [0.2, 0.25) is 0 Å². The SMILES string of the molecule is CN(C)C(c1cccc(F)c1)C1CNCCO1. The van der Waals surface area contributed by atoms with Gasteiger partial charge in [0, 0.05) is 13.1 Å². The molecular formula is C13H19FN2O. The number of nitrogens with one attached hydrogen (secondary N) is 1. The first kappa shape index (κ1) is 12.5. The van der Waals surface area contributed by atoms with E-state index in [0.717, 1.165) is 18.7 Å². The zero-order valence-corrected chi connectivity index (χ0v) is 10.3. The van der Waals surface area contributed by atoms with Crippen molar-refractivity contribution in [2.24, 2.45) is 0 Å². The molecule has 0 saturated carbocycles. The van der Waals surface area contributed by atoms with Crippen LogP contribution in [0.3, 0.4) is 0 Å². The van der Waals surface area contributed by atoms with Gasteiger partial charge in [-0.2, -0.15) is 0 Å². The van der Waals surface area contributed by atoms with E-state index in [-0.39, 0.29) is 18.0 Å². The summed E-state index contributed by atoms with van der Waals surface area (Å²) in [6.07, 6.45) is 0.0700. The molecule has 0 spiro atoms. The molecule has 0 amide bonds. The highest BCUT2D eigenvalue weighted by molar-refractivity contribution is 5.21. The molecule has 0 aliphatic carbocycles. The lowest BCUT2D eigenvalue weighted by molar-refractivity contribution is -0.0212.